The molecule has 3 N–H and O–H groups in total. The molecular weight excluding hydrogens is 450 g/mol. The smallest absolute Gasteiger partial charge is 0.227 e. The summed E-state index contributed by atoms with van der Waals surface area (Å²) in [6.07, 6.45) is 8.99. The van der Waals surface area contributed by atoms with Crippen LogP contribution in [0.2, 0.25) is 0 Å². The lowest BCUT2D eigenvalue weighted by Crippen LogP contribution is -2.13. The van der Waals surface area contributed by atoms with Gasteiger partial charge in [0.1, 0.15) is 11.3 Å². The molecule has 5 aromatic heterocycles. The van der Waals surface area contributed by atoms with Crippen molar-refractivity contribution < 1.29 is 4.79 Å². The van der Waals surface area contributed by atoms with Crippen molar-refractivity contribution in [1.82, 2.24) is 30.1 Å². The summed E-state index contributed by atoms with van der Waals surface area (Å²) in [7, 11) is 0. The third-order valence-corrected chi connectivity index (χ3v) is 6.58. The number of pyridine rings is 3. The Morgan fingerprint density at radius 3 is 2.72 bits per heavy atom. The summed E-state index contributed by atoms with van der Waals surface area (Å²) in [5, 5.41) is 12.7. The van der Waals surface area contributed by atoms with Gasteiger partial charge >= 0.3 is 0 Å². The maximum absolute atomic E-state index is 12.2. The number of hydrogen-bond donors (Lipinski definition) is 3. The number of aromatic nitrogens is 6. The van der Waals surface area contributed by atoms with Gasteiger partial charge in [-0.05, 0) is 60.9 Å². The van der Waals surface area contributed by atoms with Gasteiger partial charge in [0.15, 0.2) is 0 Å². The second-order valence-corrected chi connectivity index (χ2v) is 9.08. The molecular formula is C28H21N7O. The van der Waals surface area contributed by atoms with Gasteiger partial charge in [-0.15, -0.1) is 0 Å². The third-order valence-electron chi connectivity index (χ3n) is 6.58. The second kappa shape index (κ2) is 8.13. The van der Waals surface area contributed by atoms with Crippen LogP contribution in [0, 0.1) is 5.92 Å². The Kier molecular flexibility index (Phi) is 4.63. The SMILES string of the molecule is O=C(Nc1cncc(-c2ccc3[nH]nc(-c4cc5c(-c6ccccn6)ccnc5[nH]4)c3c2)c1)C1CC1. The fourth-order valence-corrected chi connectivity index (χ4v) is 4.55. The van der Waals surface area contributed by atoms with E-state index in [-0.39, 0.29) is 11.8 Å². The van der Waals surface area contributed by atoms with E-state index in [1.54, 1.807) is 24.8 Å². The first-order valence-corrected chi connectivity index (χ1v) is 11.9. The zero-order chi connectivity index (χ0) is 24.1. The van der Waals surface area contributed by atoms with Crippen molar-refractivity contribution in [2.75, 3.05) is 5.32 Å². The zero-order valence-electron chi connectivity index (χ0n) is 19.2. The minimum Gasteiger partial charge on any atom is -0.338 e. The number of H-pyrrole nitrogens is 2. The molecule has 0 radical (unpaired) electrons. The van der Waals surface area contributed by atoms with Crippen LogP contribution in [0.25, 0.3) is 55.7 Å². The molecule has 0 atom stereocenters. The summed E-state index contributed by atoms with van der Waals surface area (Å²) >= 11 is 0. The standard InChI is InChI=1S/C28H21N7O/c36-28(16-4-5-16)32-19-11-18(14-29-15-19)17-6-7-24-22(12-17)26(35-34-24)25-13-21-20(8-10-31-27(21)33-25)23-3-1-2-9-30-23/h1-3,6-16H,4-5H2,(H,31,33)(H,32,36)(H,34,35). The van der Waals surface area contributed by atoms with E-state index in [2.05, 4.69) is 47.6 Å². The van der Waals surface area contributed by atoms with Crippen LogP contribution in [-0.4, -0.2) is 36.0 Å². The van der Waals surface area contributed by atoms with Gasteiger partial charge in [-0.2, -0.15) is 5.10 Å². The Labute approximate surface area is 205 Å². The van der Waals surface area contributed by atoms with Crippen LogP contribution in [0.4, 0.5) is 5.69 Å². The quantitative estimate of drug-likeness (QED) is 0.304. The number of benzene rings is 1. The first-order chi connectivity index (χ1) is 17.7. The number of hydrogen-bond acceptors (Lipinski definition) is 5. The van der Waals surface area contributed by atoms with E-state index in [0.29, 0.717) is 5.69 Å². The van der Waals surface area contributed by atoms with Crippen LogP contribution in [-0.2, 0) is 4.79 Å². The molecule has 0 aliphatic heterocycles. The largest absolute Gasteiger partial charge is 0.338 e. The van der Waals surface area contributed by atoms with Crippen LogP contribution >= 0.6 is 0 Å². The lowest BCUT2D eigenvalue weighted by Gasteiger charge is -2.07. The number of nitrogens with zero attached hydrogens (tertiary/aromatic N) is 4. The molecule has 5 heterocycles. The average Bonchev–Trinajstić information content (AvgIpc) is 3.55. The van der Waals surface area contributed by atoms with E-state index in [1.165, 1.54) is 0 Å². The van der Waals surface area contributed by atoms with Crippen molar-refractivity contribution in [3.8, 4) is 33.8 Å². The van der Waals surface area contributed by atoms with Gasteiger partial charge in [-0.1, -0.05) is 12.1 Å². The zero-order valence-corrected chi connectivity index (χ0v) is 19.2. The summed E-state index contributed by atoms with van der Waals surface area (Å²) in [6.45, 7) is 0. The topological polar surface area (TPSA) is 112 Å². The molecule has 36 heavy (non-hydrogen) atoms. The molecule has 1 aliphatic rings. The number of nitrogens with one attached hydrogen (secondary N) is 3. The molecule has 0 unspecified atom stereocenters. The van der Waals surface area contributed by atoms with Crippen molar-refractivity contribution in [1.29, 1.82) is 0 Å². The van der Waals surface area contributed by atoms with E-state index < -0.39 is 0 Å². The fraction of sp³-hybridized carbons (Fsp3) is 0.107. The highest BCUT2D eigenvalue weighted by molar-refractivity contribution is 6.00. The summed E-state index contributed by atoms with van der Waals surface area (Å²) < 4.78 is 0. The monoisotopic (exact) mass is 471 g/mol. The van der Waals surface area contributed by atoms with Crippen molar-refractivity contribution in [2.45, 2.75) is 12.8 Å². The minimum absolute atomic E-state index is 0.0685. The Hall–Kier alpha value is -4.85. The molecule has 0 saturated heterocycles. The van der Waals surface area contributed by atoms with Crippen LogP contribution in [0.3, 0.4) is 0 Å². The lowest BCUT2D eigenvalue weighted by molar-refractivity contribution is -0.117. The molecule has 0 spiro atoms. The summed E-state index contributed by atoms with van der Waals surface area (Å²) in [6, 6.07) is 18.0. The van der Waals surface area contributed by atoms with Crippen molar-refractivity contribution in [3.05, 3.63) is 79.4 Å². The Morgan fingerprint density at radius 1 is 0.917 bits per heavy atom. The van der Waals surface area contributed by atoms with E-state index in [9.17, 15) is 4.79 Å². The van der Waals surface area contributed by atoms with Crippen LogP contribution in [0.15, 0.2) is 79.4 Å². The molecule has 8 nitrogen and oxygen atoms in total. The lowest BCUT2D eigenvalue weighted by atomic mass is 10.0. The highest BCUT2D eigenvalue weighted by atomic mass is 16.2. The number of carbonyl (C=O) groups excluding carboxylic acids is 1. The molecule has 174 valence electrons. The van der Waals surface area contributed by atoms with Gasteiger partial charge in [0.2, 0.25) is 5.91 Å². The molecule has 6 aromatic rings. The molecule has 7 rings (SSSR count). The summed E-state index contributed by atoms with van der Waals surface area (Å²) in [4.78, 5) is 29.0. The first-order valence-electron chi connectivity index (χ1n) is 11.9. The van der Waals surface area contributed by atoms with Gasteiger partial charge < -0.3 is 10.3 Å². The molecule has 1 amide bonds. The van der Waals surface area contributed by atoms with Crippen LogP contribution in [0.5, 0.6) is 0 Å². The number of rotatable bonds is 5. The Bertz CT molecular complexity index is 1750. The average molecular weight is 472 g/mol. The minimum atomic E-state index is 0.0685. The highest BCUT2D eigenvalue weighted by Gasteiger charge is 2.29. The highest BCUT2D eigenvalue weighted by Crippen LogP contribution is 2.35. The van der Waals surface area contributed by atoms with Gasteiger partial charge in [-0.3, -0.25) is 19.9 Å². The maximum atomic E-state index is 12.2. The van der Waals surface area contributed by atoms with Gasteiger partial charge in [0, 0.05) is 46.4 Å². The van der Waals surface area contributed by atoms with Crippen LogP contribution in [0.1, 0.15) is 12.8 Å². The second-order valence-electron chi connectivity index (χ2n) is 9.08. The normalized spacial score (nSPS) is 13.3. The van der Waals surface area contributed by atoms with E-state index in [0.717, 1.165) is 68.6 Å². The third kappa shape index (κ3) is 3.60. The molecule has 1 aliphatic carbocycles. The number of fused-ring (bicyclic) bond motifs is 2. The molecule has 1 saturated carbocycles. The van der Waals surface area contributed by atoms with Gasteiger partial charge in [-0.25, -0.2) is 4.98 Å². The predicted molar refractivity (Wildman–Crippen MR) is 139 cm³/mol. The molecule has 1 aromatic carbocycles. The van der Waals surface area contributed by atoms with Crippen molar-refractivity contribution in [3.63, 3.8) is 0 Å². The Morgan fingerprint density at radius 2 is 1.86 bits per heavy atom. The van der Waals surface area contributed by atoms with E-state index >= 15 is 0 Å². The van der Waals surface area contributed by atoms with E-state index in [1.807, 2.05) is 42.5 Å². The van der Waals surface area contributed by atoms with Gasteiger partial charge in [0.05, 0.1) is 28.8 Å². The van der Waals surface area contributed by atoms with Gasteiger partial charge in [0.25, 0.3) is 0 Å². The number of aromatic amines is 2. The fourth-order valence-electron chi connectivity index (χ4n) is 4.55. The maximum Gasteiger partial charge on any atom is 0.227 e. The Balaban J connectivity index is 1.28. The van der Waals surface area contributed by atoms with Crippen molar-refractivity contribution >= 4 is 33.5 Å². The number of anilines is 1. The first kappa shape index (κ1) is 20.5. The predicted octanol–water partition coefficient (Wildman–Crippen LogP) is 5.58. The molecule has 1 fully saturated rings. The molecule has 8 heteroatoms. The number of carbonyl (C=O) groups is 1. The van der Waals surface area contributed by atoms with Crippen LogP contribution < -0.4 is 5.32 Å². The number of amides is 1. The molecule has 0 bridgehead atoms. The summed E-state index contributed by atoms with van der Waals surface area (Å²) in [5.41, 5.74) is 7.92. The summed E-state index contributed by atoms with van der Waals surface area (Å²) in [5.74, 6) is 0.210. The van der Waals surface area contributed by atoms with Crippen molar-refractivity contribution in [2.24, 2.45) is 5.92 Å². The van der Waals surface area contributed by atoms with E-state index in [4.69, 9.17) is 0 Å².